The Bertz CT molecular complexity index is 863. The molecule has 0 saturated carbocycles. The molecule has 0 saturated heterocycles. The molecule has 0 atom stereocenters. The van der Waals surface area contributed by atoms with E-state index in [0.29, 0.717) is 49.1 Å². The summed E-state index contributed by atoms with van der Waals surface area (Å²) < 4.78 is 11.1. The third kappa shape index (κ3) is 4.39. The van der Waals surface area contributed by atoms with Crippen molar-refractivity contribution in [3.8, 4) is 11.5 Å². The second-order valence-electron chi connectivity index (χ2n) is 6.55. The molecule has 2 amide bonds. The Kier molecular flexibility index (Phi) is 5.64. The molecule has 6 nitrogen and oxygen atoms in total. The summed E-state index contributed by atoms with van der Waals surface area (Å²) in [5, 5.41) is 2.87. The molecule has 142 valence electrons. The van der Waals surface area contributed by atoms with Crippen molar-refractivity contribution in [3.63, 3.8) is 0 Å². The van der Waals surface area contributed by atoms with Crippen molar-refractivity contribution in [1.82, 2.24) is 5.32 Å². The van der Waals surface area contributed by atoms with Gasteiger partial charge in [-0.05, 0) is 49.2 Å². The zero-order chi connectivity index (χ0) is 19.4. The largest absolute Gasteiger partial charge is 0.486 e. The van der Waals surface area contributed by atoms with E-state index in [1.54, 1.807) is 23.1 Å². The summed E-state index contributed by atoms with van der Waals surface area (Å²) >= 11 is 0. The molecule has 1 aliphatic heterocycles. The summed E-state index contributed by atoms with van der Waals surface area (Å²) in [7, 11) is 0. The summed E-state index contributed by atoms with van der Waals surface area (Å²) in [5.74, 6) is 1.05. The first kappa shape index (κ1) is 18.8. The third-order valence-electron chi connectivity index (χ3n) is 4.61. The fourth-order valence-corrected chi connectivity index (χ4v) is 2.93. The first-order valence-corrected chi connectivity index (χ1v) is 8.99. The van der Waals surface area contributed by atoms with Gasteiger partial charge in [0.15, 0.2) is 11.5 Å². The standard InChI is InChI=1S/C21H24N2O4/c1-14-4-5-17(12-15(14)2)21(25)22-8-9-23(16(3)24)18-6-7-19-20(13-18)27-11-10-26-19/h4-7,12-13H,8-11H2,1-3H3,(H,22,25). The number of nitrogens with one attached hydrogen (secondary N) is 1. The van der Waals surface area contributed by atoms with Crippen LogP contribution in [0.25, 0.3) is 0 Å². The van der Waals surface area contributed by atoms with Crippen molar-refractivity contribution >= 4 is 17.5 Å². The van der Waals surface area contributed by atoms with Gasteiger partial charge in [-0.15, -0.1) is 0 Å². The van der Waals surface area contributed by atoms with E-state index in [0.717, 1.165) is 11.1 Å². The molecule has 6 heteroatoms. The minimum absolute atomic E-state index is 0.105. The summed E-state index contributed by atoms with van der Waals surface area (Å²) in [6.07, 6.45) is 0. The van der Waals surface area contributed by atoms with Crippen LogP contribution in [0.15, 0.2) is 36.4 Å². The van der Waals surface area contributed by atoms with Crippen molar-refractivity contribution in [2.75, 3.05) is 31.2 Å². The maximum absolute atomic E-state index is 12.3. The number of hydrogen-bond donors (Lipinski definition) is 1. The molecule has 0 aromatic heterocycles. The number of rotatable bonds is 5. The Labute approximate surface area is 159 Å². The zero-order valence-corrected chi connectivity index (χ0v) is 15.9. The number of benzene rings is 2. The predicted octanol–water partition coefficient (Wildman–Crippen LogP) is 2.86. The van der Waals surface area contributed by atoms with E-state index in [1.807, 2.05) is 32.0 Å². The van der Waals surface area contributed by atoms with E-state index in [2.05, 4.69) is 5.32 Å². The van der Waals surface area contributed by atoms with Crippen LogP contribution in [-0.2, 0) is 4.79 Å². The highest BCUT2D eigenvalue weighted by molar-refractivity contribution is 5.95. The van der Waals surface area contributed by atoms with Crippen molar-refractivity contribution in [2.24, 2.45) is 0 Å². The minimum Gasteiger partial charge on any atom is -0.486 e. The monoisotopic (exact) mass is 368 g/mol. The second-order valence-corrected chi connectivity index (χ2v) is 6.55. The van der Waals surface area contributed by atoms with Crippen LogP contribution >= 0.6 is 0 Å². The molecule has 0 fully saturated rings. The quantitative estimate of drug-likeness (QED) is 0.881. The molecule has 0 unspecified atom stereocenters. The summed E-state index contributed by atoms with van der Waals surface area (Å²) in [4.78, 5) is 26.0. The Balaban J connectivity index is 1.64. The Morgan fingerprint density at radius 2 is 1.74 bits per heavy atom. The van der Waals surface area contributed by atoms with Crippen LogP contribution in [0.4, 0.5) is 5.69 Å². The van der Waals surface area contributed by atoms with Crippen LogP contribution in [0, 0.1) is 13.8 Å². The van der Waals surface area contributed by atoms with E-state index in [1.165, 1.54) is 6.92 Å². The van der Waals surface area contributed by atoms with Gasteiger partial charge in [-0.3, -0.25) is 9.59 Å². The fourth-order valence-electron chi connectivity index (χ4n) is 2.93. The molecule has 2 aromatic carbocycles. The normalized spacial score (nSPS) is 12.4. The van der Waals surface area contributed by atoms with Gasteiger partial charge >= 0.3 is 0 Å². The van der Waals surface area contributed by atoms with Crippen molar-refractivity contribution < 1.29 is 19.1 Å². The number of nitrogens with zero attached hydrogens (tertiary/aromatic N) is 1. The zero-order valence-electron chi connectivity index (χ0n) is 15.9. The minimum atomic E-state index is -0.149. The molecule has 1 N–H and O–H groups in total. The fraction of sp³-hybridized carbons (Fsp3) is 0.333. The molecule has 1 heterocycles. The molecular formula is C21H24N2O4. The Morgan fingerprint density at radius 1 is 1.00 bits per heavy atom. The lowest BCUT2D eigenvalue weighted by Gasteiger charge is -2.24. The number of anilines is 1. The summed E-state index contributed by atoms with van der Waals surface area (Å²) in [5.41, 5.74) is 3.55. The number of fused-ring (bicyclic) bond motifs is 1. The van der Waals surface area contributed by atoms with Gasteiger partial charge in [0.1, 0.15) is 13.2 Å². The lowest BCUT2D eigenvalue weighted by molar-refractivity contribution is -0.116. The second kappa shape index (κ2) is 8.12. The van der Waals surface area contributed by atoms with Crippen molar-refractivity contribution in [3.05, 3.63) is 53.1 Å². The third-order valence-corrected chi connectivity index (χ3v) is 4.61. The van der Waals surface area contributed by atoms with Gasteiger partial charge in [-0.2, -0.15) is 0 Å². The van der Waals surface area contributed by atoms with E-state index >= 15 is 0 Å². The van der Waals surface area contributed by atoms with Crippen LogP contribution < -0.4 is 19.7 Å². The van der Waals surface area contributed by atoms with Gasteiger partial charge in [-0.25, -0.2) is 0 Å². The van der Waals surface area contributed by atoms with Crippen LogP contribution in [0.5, 0.6) is 11.5 Å². The molecule has 27 heavy (non-hydrogen) atoms. The van der Waals surface area contributed by atoms with E-state index in [9.17, 15) is 9.59 Å². The SMILES string of the molecule is CC(=O)N(CCNC(=O)c1ccc(C)c(C)c1)c1ccc2c(c1)OCCO2. The highest BCUT2D eigenvalue weighted by Crippen LogP contribution is 2.33. The number of hydrogen-bond acceptors (Lipinski definition) is 4. The maximum Gasteiger partial charge on any atom is 0.251 e. The van der Waals surface area contributed by atoms with Gasteiger partial charge in [0.25, 0.3) is 5.91 Å². The van der Waals surface area contributed by atoms with E-state index in [-0.39, 0.29) is 11.8 Å². The number of carbonyl (C=O) groups excluding carboxylic acids is 2. The molecule has 0 radical (unpaired) electrons. The van der Waals surface area contributed by atoms with E-state index < -0.39 is 0 Å². The Hall–Kier alpha value is -3.02. The number of amides is 2. The molecule has 0 spiro atoms. The van der Waals surface area contributed by atoms with Gasteiger partial charge in [0.05, 0.1) is 0 Å². The summed E-state index contributed by atoms with van der Waals surface area (Å²) in [6, 6.07) is 11.0. The number of aryl methyl sites for hydroxylation is 2. The van der Waals surface area contributed by atoms with Crippen molar-refractivity contribution in [1.29, 1.82) is 0 Å². The van der Waals surface area contributed by atoms with Crippen LogP contribution in [-0.4, -0.2) is 38.1 Å². The Morgan fingerprint density at radius 3 is 2.44 bits per heavy atom. The van der Waals surface area contributed by atoms with Crippen LogP contribution in [0.3, 0.4) is 0 Å². The molecule has 2 aromatic rings. The van der Waals surface area contributed by atoms with Crippen LogP contribution in [0.1, 0.15) is 28.4 Å². The number of ether oxygens (including phenoxy) is 2. The predicted molar refractivity (Wildman–Crippen MR) is 104 cm³/mol. The van der Waals surface area contributed by atoms with Crippen molar-refractivity contribution in [2.45, 2.75) is 20.8 Å². The van der Waals surface area contributed by atoms with Gasteiger partial charge in [0, 0.05) is 37.3 Å². The van der Waals surface area contributed by atoms with E-state index in [4.69, 9.17) is 9.47 Å². The smallest absolute Gasteiger partial charge is 0.251 e. The lowest BCUT2D eigenvalue weighted by Crippen LogP contribution is -2.37. The molecule has 0 bridgehead atoms. The van der Waals surface area contributed by atoms with Gasteiger partial charge in [-0.1, -0.05) is 6.07 Å². The molecule has 3 rings (SSSR count). The molecule has 0 aliphatic carbocycles. The average Bonchev–Trinajstić information content (AvgIpc) is 2.66. The number of carbonyl (C=O) groups is 2. The first-order valence-electron chi connectivity index (χ1n) is 8.99. The first-order chi connectivity index (χ1) is 13.0. The molecule has 1 aliphatic rings. The highest BCUT2D eigenvalue weighted by atomic mass is 16.6. The lowest BCUT2D eigenvalue weighted by atomic mass is 10.1. The van der Waals surface area contributed by atoms with Gasteiger partial charge in [0.2, 0.25) is 5.91 Å². The topological polar surface area (TPSA) is 67.9 Å². The highest BCUT2D eigenvalue weighted by Gasteiger charge is 2.17. The van der Waals surface area contributed by atoms with Gasteiger partial charge < -0.3 is 19.7 Å². The van der Waals surface area contributed by atoms with Crippen LogP contribution in [0.2, 0.25) is 0 Å². The maximum atomic E-state index is 12.3. The molecular weight excluding hydrogens is 344 g/mol. The average molecular weight is 368 g/mol. The summed E-state index contributed by atoms with van der Waals surface area (Å²) in [6.45, 7) is 7.21.